The Labute approximate surface area is 61.7 Å². The molecule has 1 atom stereocenters. The molecular weight excluding hydrogens is 190 g/mol. The van der Waals surface area contributed by atoms with Gasteiger partial charge in [0.1, 0.15) is 0 Å². The molecule has 0 aromatic carbocycles. The van der Waals surface area contributed by atoms with Crippen LogP contribution < -0.4 is 16.4 Å². The van der Waals surface area contributed by atoms with Crippen LogP contribution in [0, 0.1) is 0 Å². The van der Waals surface area contributed by atoms with Crippen LogP contribution in [0.2, 0.25) is 0 Å². The van der Waals surface area contributed by atoms with E-state index in [1.165, 1.54) is 0 Å². The molecule has 0 aromatic heterocycles. The van der Waals surface area contributed by atoms with E-state index >= 15 is 0 Å². The van der Waals surface area contributed by atoms with E-state index < -0.39 is 18.1 Å². The van der Waals surface area contributed by atoms with E-state index in [0.29, 0.717) is 0 Å². The van der Waals surface area contributed by atoms with Crippen LogP contribution in [-0.2, 0) is 4.79 Å². The van der Waals surface area contributed by atoms with Crippen molar-refractivity contribution in [1.82, 2.24) is 10.6 Å². The van der Waals surface area contributed by atoms with Gasteiger partial charge in [0.05, 0.1) is 0 Å². The van der Waals surface area contributed by atoms with Crippen molar-refractivity contribution >= 4 is 28.9 Å². The van der Waals surface area contributed by atoms with Gasteiger partial charge in [0.15, 0.2) is 6.17 Å². The van der Waals surface area contributed by atoms with Crippen molar-refractivity contribution in [3.8, 4) is 0 Å². The Kier molecular flexibility index (Phi) is 2.60. The molecule has 1 unspecified atom stereocenters. The lowest BCUT2D eigenvalue weighted by molar-refractivity contribution is -0.120. The van der Waals surface area contributed by atoms with Crippen LogP contribution in [0.3, 0.4) is 0 Å². The summed E-state index contributed by atoms with van der Waals surface area (Å²) >= 11 is 0. The summed E-state index contributed by atoms with van der Waals surface area (Å²) in [5.41, 5.74) is 5.02. The quantitative estimate of drug-likeness (QED) is 0.420. The summed E-state index contributed by atoms with van der Waals surface area (Å²) in [7, 11) is 0. The zero-order valence-electron chi connectivity index (χ0n) is 4.38. The number of nitrogens with two attached hydrogens (primary N) is 1. The number of imide groups is 1. The van der Waals surface area contributed by atoms with Gasteiger partial charge in [-0.2, -0.15) is 0 Å². The molecule has 0 spiro atoms. The van der Waals surface area contributed by atoms with E-state index in [2.05, 4.69) is 5.32 Å². The molecule has 1 saturated heterocycles. The standard InChI is InChI=1S/C3H5N3O2.BrH/c4-1-2(7)6-3(8)5-1;/h1H,4H2,(H2,5,6,7,8);1H. The minimum Gasteiger partial charge on any atom is -0.314 e. The molecule has 3 amide bonds. The normalized spacial score (nSPS) is 24.3. The Balaban J connectivity index is 0.000000640. The number of carbonyl (C=O) groups excluding carboxylic acids is 2. The lowest BCUT2D eigenvalue weighted by Gasteiger charge is -1.92. The third kappa shape index (κ3) is 1.65. The minimum absolute atomic E-state index is 0. The van der Waals surface area contributed by atoms with Crippen molar-refractivity contribution in [3.05, 3.63) is 0 Å². The van der Waals surface area contributed by atoms with Crippen molar-refractivity contribution < 1.29 is 9.59 Å². The summed E-state index contributed by atoms with van der Waals surface area (Å²) in [5.74, 6) is -0.477. The molecule has 0 bridgehead atoms. The molecule has 9 heavy (non-hydrogen) atoms. The molecule has 0 radical (unpaired) electrons. The summed E-state index contributed by atoms with van der Waals surface area (Å²) in [4.78, 5) is 20.4. The largest absolute Gasteiger partial charge is 0.323 e. The fourth-order valence-corrected chi connectivity index (χ4v) is 0.433. The first kappa shape index (κ1) is 8.38. The van der Waals surface area contributed by atoms with Gasteiger partial charge in [-0.3, -0.25) is 10.1 Å². The van der Waals surface area contributed by atoms with Gasteiger partial charge in [-0.15, -0.1) is 17.0 Å². The Hall–Kier alpha value is -0.620. The first-order valence-electron chi connectivity index (χ1n) is 2.07. The van der Waals surface area contributed by atoms with Crippen molar-refractivity contribution in [3.63, 3.8) is 0 Å². The molecule has 0 aromatic rings. The highest BCUT2D eigenvalue weighted by molar-refractivity contribution is 8.93. The monoisotopic (exact) mass is 195 g/mol. The summed E-state index contributed by atoms with van der Waals surface area (Å²) < 4.78 is 0. The molecule has 1 heterocycles. The Morgan fingerprint density at radius 2 is 2.00 bits per heavy atom. The maximum absolute atomic E-state index is 10.3. The van der Waals surface area contributed by atoms with Crippen molar-refractivity contribution in [2.75, 3.05) is 0 Å². The predicted octanol–water partition coefficient (Wildman–Crippen LogP) is -1.31. The van der Waals surface area contributed by atoms with E-state index in [1.54, 1.807) is 0 Å². The van der Waals surface area contributed by atoms with Crippen molar-refractivity contribution in [2.45, 2.75) is 6.17 Å². The molecule has 0 saturated carbocycles. The molecule has 1 aliphatic heterocycles. The number of hydrogen-bond acceptors (Lipinski definition) is 3. The SMILES string of the molecule is Br.NC1NC(=O)NC1=O. The second kappa shape index (κ2) is 2.79. The molecule has 0 aliphatic carbocycles. The van der Waals surface area contributed by atoms with Crippen molar-refractivity contribution in [2.24, 2.45) is 5.73 Å². The van der Waals surface area contributed by atoms with Gasteiger partial charge >= 0.3 is 6.03 Å². The van der Waals surface area contributed by atoms with Crippen LogP contribution in [0.4, 0.5) is 4.79 Å². The summed E-state index contributed by atoms with van der Waals surface area (Å²) in [6, 6.07) is -0.525. The third-order valence-corrected chi connectivity index (χ3v) is 0.806. The lowest BCUT2D eigenvalue weighted by atomic mass is 10.5. The van der Waals surface area contributed by atoms with Crippen LogP contribution >= 0.6 is 17.0 Å². The van der Waals surface area contributed by atoms with Gasteiger partial charge in [-0.05, 0) is 0 Å². The highest BCUT2D eigenvalue weighted by atomic mass is 79.9. The second-order valence-corrected chi connectivity index (χ2v) is 1.44. The first-order chi connectivity index (χ1) is 3.70. The average Bonchev–Trinajstić information content (AvgIpc) is 1.85. The number of halogens is 1. The van der Waals surface area contributed by atoms with Crippen LogP contribution in [0.15, 0.2) is 0 Å². The van der Waals surface area contributed by atoms with E-state index in [0.717, 1.165) is 0 Å². The highest BCUT2D eigenvalue weighted by Crippen LogP contribution is 1.81. The Morgan fingerprint density at radius 3 is 2.11 bits per heavy atom. The van der Waals surface area contributed by atoms with E-state index in [9.17, 15) is 9.59 Å². The number of nitrogens with one attached hydrogen (secondary N) is 2. The lowest BCUT2D eigenvalue weighted by Crippen LogP contribution is -2.37. The zero-order chi connectivity index (χ0) is 6.15. The van der Waals surface area contributed by atoms with Crippen molar-refractivity contribution in [1.29, 1.82) is 0 Å². The number of amides is 3. The number of carbonyl (C=O) groups is 2. The zero-order valence-corrected chi connectivity index (χ0v) is 6.09. The topological polar surface area (TPSA) is 84.2 Å². The number of rotatable bonds is 0. The molecule has 5 nitrogen and oxygen atoms in total. The number of urea groups is 1. The fraction of sp³-hybridized carbons (Fsp3) is 0.333. The molecule has 52 valence electrons. The average molecular weight is 196 g/mol. The molecule has 1 fully saturated rings. The molecule has 1 aliphatic rings. The number of hydrogen-bond donors (Lipinski definition) is 3. The smallest absolute Gasteiger partial charge is 0.314 e. The second-order valence-electron chi connectivity index (χ2n) is 1.44. The molecule has 1 rings (SSSR count). The minimum atomic E-state index is -0.859. The summed E-state index contributed by atoms with van der Waals surface area (Å²) in [6.45, 7) is 0. The van der Waals surface area contributed by atoms with E-state index in [4.69, 9.17) is 5.73 Å². The van der Waals surface area contributed by atoms with E-state index in [1.807, 2.05) is 5.32 Å². The van der Waals surface area contributed by atoms with Crippen LogP contribution in [0.5, 0.6) is 0 Å². The molecule has 4 N–H and O–H groups in total. The maximum Gasteiger partial charge on any atom is 0.323 e. The predicted molar refractivity (Wildman–Crippen MR) is 35.0 cm³/mol. The summed E-state index contributed by atoms with van der Waals surface area (Å²) in [6.07, 6.45) is -0.859. The fourth-order valence-electron chi connectivity index (χ4n) is 0.433. The van der Waals surface area contributed by atoms with E-state index in [-0.39, 0.29) is 17.0 Å². The van der Waals surface area contributed by atoms with Crippen LogP contribution in [0.1, 0.15) is 0 Å². The Morgan fingerprint density at radius 1 is 1.44 bits per heavy atom. The van der Waals surface area contributed by atoms with Gasteiger partial charge in [-0.1, -0.05) is 0 Å². The van der Waals surface area contributed by atoms with Gasteiger partial charge in [0, 0.05) is 0 Å². The maximum atomic E-state index is 10.3. The van der Waals surface area contributed by atoms with Crippen LogP contribution in [0.25, 0.3) is 0 Å². The third-order valence-electron chi connectivity index (χ3n) is 0.806. The molecule has 6 heteroatoms. The first-order valence-corrected chi connectivity index (χ1v) is 2.07. The van der Waals surface area contributed by atoms with Crippen LogP contribution in [-0.4, -0.2) is 18.1 Å². The highest BCUT2D eigenvalue weighted by Gasteiger charge is 2.24. The van der Waals surface area contributed by atoms with Gasteiger partial charge in [-0.25, -0.2) is 4.79 Å². The summed E-state index contributed by atoms with van der Waals surface area (Å²) in [5, 5.41) is 4.10. The Bertz CT molecular complexity index is 148. The van der Waals surface area contributed by atoms with Gasteiger partial charge in [0.2, 0.25) is 0 Å². The van der Waals surface area contributed by atoms with Gasteiger partial charge in [0.25, 0.3) is 5.91 Å². The molecular formula is C3H6BrN3O2. The van der Waals surface area contributed by atoms with Gasteiger partial charge < -0.3 is 11.1 Å².